The third kappa shape index (κ3) is 6.19. The molecule has 0 amide bonds. The molecule has 2 atom stereocenters. The fourth-order valence-corrected chi connectivity index (χ4v) is 1.81. The third-order valence-corrected chi connectivity index (χ3v) is 4.19. The van der Waals surface area contributed by atoms with Gasteiger partial charge in [-0.05, 0) is 31.2 Å². The molecule has 0 saturated carbocycles. The lowest BCUT2D eigenvalue weighted by molar-refractivity contribution is 0.314. The first kappa shape index (κ1) is 14.7. The number of rotatable bonds is 7. The first-order valence-corrected chi connectivity index (χ1v) is 7.92. The molecule has 1 N–H and O–H groups in total. The van der Waals surface area contributed by atoms with Crippen LogP contribution in [0.2, 0.25) is 0 Å². The van der Waals surface area contributed by atoms with Gasteiger partial charge in [0.2, 0.25) is 0 Å². The second kappa shape index (κ2) is 7.84. The zero-order valence-electron chi connectivity index (χ0n) is 10.1. The van der Waals surface area contributed by atoms with Crippen molar-refractivity contribution in [2.45, 2.75) is 12.2 Å². The van der Waals surface area contributed by atoms with E-state index in [0.717, 1.165) is 23.3 Å². The molecule has 0 aromatic heterocycles. The van der Waals surface area contributed by atoms with E-state index in [1.165, 1.54) is 0 Å². The molecular weight excluding hydrogens is 302 g/mol. The SMILES string of the molecule is CC(CNCCOc1ccc(Br)cc1)S(C)=O. The van der Waals surface area contributed by atoms with E-state index in [2.05, 4.69) is 21.2 Å². The smallest absolute Gasteiger partial charge is 0.119 e. The van der Waals surface area contributed by atoms with Crippen molar-refractivity contribution in [3.8, 4) is 5.75 Å². The van der Waals surface area contributed by atoms with Crippen molar-refractivity contribution in [2.24, 2.45) is 0 Å². The molecule has 0 radical (unpaired) electrons. The van der Waals surface area contributed by atoms with Gasteiger partial charge in [0.25, 0.3) is 0 Å². The van der Waals surface area contributed by atoms with Crippen LogP contribution in [0.25, 0.3) is 0 Å². The van der Waals surface area contributed by atoms with Crippen LogP contribution >= 0.6 is 15.9 Å². The van der Waals surface area contributed by atoms with Crippen molar-refractivity contribution in [3.05, 3.63) is 28.7 Å². The van der Waals surface area contributed by atoms with Crippen molar-refractivity contribution in [1.82, 2.24) is 5.32 Å². The second-order valence-electron chi connectivity index (χ2n) is 3.82. The lowest BCUT2D eigenvalue weighted by Gasteiger charge is -2.10. The Morgan fingerprint density at radius 2 is 2.06 bits per heavy atom. The van der Waals surface area contributed by atoms with Gasteiger partial charge in [-0.15, -0.1) is 0 Å². The number of hydrogen-bond acceptors (Lipinski definition) is 3. The molecule has 17 heavy (non-hydrogen) atoms. The van der Waals surface area contributed by atoms with Gasteiger partial charge in [-0.3, -0.25) is 4.21 Å². The summed E-state index contributed by atoms with van der Waals surface area (Å²) < 4.78 is 17.7. The monoisotopic (exact) mass is 319 g/mol. The summed E-state index contributed by atoms with van der Waals surface area (Å²) in [4.78, 5) is 0. The van der Waals surface area contributed by atoms with Gasteiger partial charge in [0.15, 0.2) is 0 Å². The van der Waals surface area contributed by atoms with E-state index < -0.39 is 10.8 Å². The van der Waals surface area contributed by atoms with Crippen molar-refractivity contribution in [2.75, 3.05) is 26.0 Å². The minimum Gasteiger partial charge on any atom is -0.492 e. The van der Waals surface area contributed by atoms with Crippen LogP contribution in [-0.4, -0.2) is 35.4 Å². The summed E-state index contributed by atoms with van der Waals surface area (Å²) in [7, 11) is -0.763. The fraction of sp³-hybridized carbons (Fsp3) is 0.500. The van der Waals surface area contributed by atoms with Gasteiger partial charge in [0, 0.05) is 39.9 Å². The number of ether oxygens (including phenoxy) is 1. The average molecular weight is 320 g/mol. The van der Waals surface area contributed by atoms with E-state index in [4.69, 9.17) is 4.74 Å². The zero-order valence-corrected chi connectivity index (χ0v) is 12.5. The zero-order chi connectivity index (χ0) is 12.7. The predicted molar refractivity (Wildman–Crippen MR) is 76.0 cm³/mol. The molecule has 96 valence electrons. The minimum absolute atomic E-state index is 0.183. The van der Waals surface area contributed by atoms with Crippen LogP contribution in [0.4, 0.5) is 0 Å². The van der Waals surface area contributed by atoms with Crippen LogP contribution in [-0.2, 0) is 10.8 Å². The molecule has 0 fully saturated rings. The molecule has 5 heteroatoms. The summed E-state index contributed by atoms with van der Waals surface area (Å²) >= 11 is 3.37. The maximum atomic E-state index is 11.1. The van der Waals surface area contributed by atoms with Crippen molar-refractivity contribution in [1.29, 1.82) is 0 Å². The van der Waals surface area contributed by atoms with Gasteiger partial charge in [0.05, 0.1) is 0 Å². The molecule has 1 aromatic carbocycles. The minimum atomic E-state index is -0.763. The van der Waals surface area contributed by atoms with E-state index in [1.54, 1.807) is 6.26 Å². The van der Waals surface area contributed by atoms with Crippen LogP contribution in [0.3, 0.4) is 0 Å². The molecule has 2 unspecified atom stereocenters. The quantitative estimate of drug-likeness (QED) is 0.783. The Morgan fingerprint density at radius 1 is 1.41 bits per heavy atom. The summed E-state index contributed by atoms with van der Waals surface area (Å²) in [5.74, 6) is 0.863. The van der Waals surface area contributed by atoms with Crippen molar-refractivity contribution in [3.63, 3.8) is 0 Å². The molecule has 1 aromatic rings. The normalized spacial score (nSPS) is 14.3. The topological polar surface area (TPSA) is 38.3 Å². The van der Waals surface area contributed by atoms with Gasteiger partial charge in [0.1, 0.15) is 12.4 Å². The average Bonchev–Trinajstić information content (AvgIpc) is 2.30. The molecule has 3 nitrogen and oxygen atoms in total. The molecule has 0 spiro atoms. The lowest BCUT2D eigenvalue weighted by atomic mass is 10.3. The Labute approximate surface area is 114 Å². The van der Waals surface area contributed by atoms with E-state index in [9.17, 15) is 4.21 Å². The molecule has 0 aliphatic rings. The summed E-state index contributed by atoms with van der Waals surface area (Å²) in [5, 5.41) is 3.40. The van der Waals surface area contributed by atoms with Crippen LogP contribution in [0.15, 0.2) is 28.7 Å². The highest BCUT2D eigenvalue weighted by molar-refractivity contribution is 9.10. The van der Waals surface area contributed by atoms with E-state index in [1.807, 2.05) is 31.2 Å². The maximum absolute atomic E-state index is 11.1. The van der Waals surface area contributed by atoms with Crippen LogP contribution in [0, 0.1) is 0 Å². The van der Waals surface area contributed by atoms with Gasteiger partial charge < -0.3 is 10.1 Å². The van der Waals surface area contributed by atoms with Gasteiger partial charge in [-0.25, -0.2) is 0 Å². The summed E-state index contributed by atoms with van der Waals surface area (Å²) in [6, 6.07) is 7.75. The van der Waals surface area contributed by atoms with Crippen LogP contribution in [0.1, 0.15) is 6.92 Å². The standard InChI is InChI=1S/C12H18BrNO2S/c1-10(17(2)15)9-14-7-8-16-12-5-3-11(13)4-6-12/h3-6,10,14H,7-9H2,1-2H3. The Hall–Kier alpha value is -0.390. The molecule has 0 bridgehead atoms. The molecular formula is C12H18BrNO2S. The summed E-state index contributed by atoms with van der Waals surface area (Å²) in [6.45, 7) is 4.10. The number of benzene rings is 1. The largest absolute Gasteiger partial charge is 0.492 e. The first-order chi connectivity index (χ1) is 8.09. The van der Waals surface area contributed by atoms with E-state index in [0.29, 0.717) is 6.61 Å². The van der Waals surface area contributed by atoms with Gasteiger partial charge in [-0.1, -0.05) is 15.9 Å². The van der Waals surface area contributed by atoms with Crippen molar-refractivity contribution >= 4 is 26.7 Å². The maximum Gasteiger partial charge on any atom is 0.119 e. The molecule has 0 aliphatic heterocycles. The van der Waals surface area contributed by atoms with Gasteiger partial charge in [-0.2, -0.15) is 0 Å². The second-order valence-corrected chi connectivity index (χ2v) is 6.53. The van der Waals surface area contributed by atoms with E-state index in [-0.39, 0.29) is 5.25 Å². The predicted octanol–water partition coefficient (Wildman–Crippen LogP) is 2.18. The fourth-order valence-electron chi connectivity index (χ4n) is 1.19. The number of halogens is 1. The Morgan fingerprint density at radius 3 is 2.65 bits per heavy atom. The first-order valence-electron chi connectivity index (χ1n) is 5.51. The Kier molecular flexibility index (Phi) is 6.77. The highest BCUT2D eigenvalue weighted by Crippen LogP contribution is 2.15. The summed E-state index contributed by atoms with van der Waals surface area (Å²) in [6.07, 6.45) is 1.73. The Bertz CT molecular complexity index is 356. The lowest BCUT2D eigenvalue weighted by Crippen LogP contribution is -2.30. The number of nitrogens with one attached hydrogen (secondary N) is 1. The highest BCUT2D eigenvalue weighted by Gasteiger charge is 2.04. The van der Waals surface area contributed by atoms with Crippen molar-refractivity contribution < 1.29 is 8.95 Å². The molecule has 0 heterocycles. The molecule has 0 aliphatic carbocycles. The molecule has 0 saturated heterocycles. The van der Waals surface area contributed by atoms with Crippen LogP contribution in [0.5, 0.6) is 5.75 Å². The summed E-state index contributed by atoms with van der Waals surface area (Å²) in [5.41, 5.74) is 0. The number of hydrogen-bond donors (Lipinski definition) is 1. The Balaban J connectivity index is 2.12. The third-order valence-electron chi connectivity index (χ3n) is 2.36. The molecule has 1 rings (SSSR count). The highest BCUT2D eigenvalue weighted by atomic mass is 79.9. The van der Waals surface area contributed by atoms with Crippen LogP contribution < -0.4 is 10.1 Å². The van der Waals surface area contributed by atoms with Gasteiger partial charge >= 0.3 is 0 Å². The van der Waals surface area contributed by atoms with E-state index >= 15 is 0 Å².